The molecule has 0 bridgehead atoms. The largest absolute Gasteiger partial charge is 0.208 e. The summed E-state index contributed by atoms with van der Waals surface area (Å²) in [6, 6.07) is 61.2. The molecule has 3 nitrogen and oxygen atoms in total. The first-order valence-corrected chi connectivity index (χ1v) is 15.5. The van der Waals surface area contributed by atoms with Crippen LogP contribution in [0.5, 0.6) is 0 Å². The SMILES string of the molecule is c1ccc(-c2nc(-c3ccccc3)nc(-c3cccc(-c4cccc(-c5cccc6ccccc56)c4-c4ccccc4)c3)n2)cc1. The van der Waals surface area contributed by atoms with Crippen molar-refractivity contribution in [3.8, 4) is 67.5 Å². The number of nitrogens with zero attached hydrogens (tertiary/aromatic N) is 3. The lowest BCUT2D eigenvalue weighted by Gasteiger charge is -2.18. The van der Waals surface area contributed by atoms with Crippen LogP contribution in [0.2, 0.25) is 0 Å². The van der Waals surface area contributed by atoms with E-state index < -0.39 is 0 Å². The Labute approximate surface area is 268 Å². The maximum atomic E-state index is 4.99. The van der Waals surface area contributed by atoms with Gasteiger partial charge in [0.05, 0.1) is 0 Å². The molecule has 0 aliphatic heterocycles. The van der Waals surface area contributed by atoms with Crippen LogP contribution in [0, 0.1) is 0 Å². The number of hydrogen-bond donors (Lipinski definition) is 0. The van der Waals surface area contributed by atoms with E-state index >= 15 is 0 Å². The fourth-order valence-electron chi connectivity index (χ4n) is 6.16. The third-order valence-electron chi connectivity index (χ3n) is 8.34. The van der Waals surface area contributed by atoms with Crippen LogP contribution in [-0.4, -0.2) is 15.0 Å². The molecule has 0 saturated heterocycles. The van der Waals surface area contributed by atoms with E-state index in [1.807, 2.05) is 60.7 Å². The number of aromatic nitrogens is 3. The lowest BCUT2D eigenvalue weighted by atomic mass is 9.86. The van der Waals surface area contributed by atoms with E-state index in [0.717, 1.165) is 27.8 Å². The normalized spacial score (nSPS) is 11.0. The topological polar surface area (TPSA) is 38.7 Å². The Balaban J connectivity index is 1.32. The molecule has 1 heterocycles. The smallest absolute Gasteiger partial charge is 0.164 e. The molecular formula is C43H29N3. The molecule has 0 aliphatic rings. The van der Waals surface area contributed by atoms with Crippen molar-refractivity contribution in [2.45, 2.75) is 0 Å². The summed E-state index contributed by atoms with van der Waals surface area (Å²) >= 11 is 0. The summed E-state index contributed by atoms with van der Waals surface area (Å²) in [7, 11) is 0. The molecule has 0 saturated carbocycles. The van der Waals surface area contributed by atoms with Crippen LogP contribution in [0.15, 0.2) is 176 Å². The second-order valence-electron chi connectivity index (χ2n) is 11.2. The van der Waals surface area contributed by atoms with E-state index in [1.165, 1.54) is 33.0 Å². The highest BCUT2D eigenvalue weighted by Gasteiger charge is 2.17. The van der Waals surface area contributed by atoms with Crippen molar-refractivity contribution in [2.24, 2.45) is 0 Å². The van der Waals surface area contributed by atoms with Gasteiger partial charge in [0.25, 0.3) is 0 Å². The van der Waals surface area contributed by atoms with Crippen molar-refractivity contribution in [3.05, 3.63) is 176 Å². The van der Waals surface area contributed by atoms with Crippen LogP contribution >= 0.6 is 0 Å². The highest BCUT2D eigenvalue weighted by Crippen LogP contribution is 2.42. The lowest BCUT2D eigenvalue weighted by Crippen LogP contribution is -2.00. The van der Waals surface area contributed by atoms with Crippen molar-refractivity contribution in [1.29, 1.82) is 0 Å². The van der Waals surface area contributed by atoms with Crippen molar-refractivity contribution in [2.75, 3.05) is 0 Å². The van der Waals surface area contributed by atoms with E-state index in [9.17, 15) is 0 Å². The minimum atomic E-state index is 0.640. The molecule has 8 aromatic rings. The van der Waals surface area contributed by atoms with Crippen molar-refractivity contribution >= 4 is 10.8 Å². The number of benzene rings is 7. The maximum Gasteiger partial charge on any atom is 0.164 e. The first kappa shape index (κ1) is 27.4. The standard InChI is InChI=1S/C43H29N3/c1-4-16-31(17-5-1)40-37(26-14-28-39(40)38-27-13-22-30-15-10-11-25-36(30)38)34-23-12-24-35(29-34)43-45-41(32-18-6-2-7-19-32)44-42(46-43)33-20-8-3-9-21-33/h1-29H. The van der Waals surface area contributed by atoms with Gasteiger partial charge >= 0.3 is 0 Å². The van der Waals surface area contributed by atoms with Crippen LogP contribution in [0.1, 0.15) is 0 Å². The van der Waals surface area contributed by atoms with Gasteiger partial charge in [-0.25, -0.2) is 15.0 Å². The average molecular weight is 588 g/mol. The number of hydrogen-bond acceptors (Lipinski definition) is 3. The highest BCUT2D eigenvalue weighted by molar-refractivity contribution is 6.03. The van der Waals surface area contributed by atoms with Crippen LogP contribution in [0.25, 0.3) is 78.3 Å². The van der Waals surface area contributed by atoms with Crippen LogP contribution in [0.3, 0.4) is 0 Å². The molecule has 8 rings (SSSR count). The lowest BCUT2D eigenvalue weighted by molar-refractivity contribution is 1.07. The zero-order valence-corrected chi connectivity index (χ0v) is 25.1. The second-order valence-corrected chi connectivity index (χ2v) is 11.2. The zero-order valence-electron chi connectivity index (χ0n) is 25.1. The van der Waals surface area contributed by atoms with Gasteiger partial charge in [-0.15, -0.1) is 0 Å². The fourth-order valence-corrected chi connectivity index (χ4v) is 6.16. The first-order chi connectivity index (χ1) is 22.8. The fraction of sp³-hybridized carbons (Fsp3) is 0. The monoisotopic (exact) mass is 587 g/mol. The van der Waals surface area contributed by atoms with Crippen LogP contribution < -0.4 is 0 Å². The third kappa shape index (κ3) is 5.25. The highest BCUT2D eigenvalue weighted by atomic mass is 15.0. The summed E-state index contributed by atoms with van der Waals surface area (Å²) in [6.07, 6.45) is 0. The minimum Gasteiger partial charge on any atom is -0.208 e. The Morgan fingerprint density at radius 2 is 0.717 bits per heavy atom. The molecule has 1 aromatic heterocycles. The van der Waals surface area contributed by atoms with E-state index in [0.29, 0.717) is 17.5 Å². The van der Waals surface area contributed by atoms with Crippen LogP contribution in [-0.2, 0) is 0 Å². The van der Waals surface area contributed by atoms with E-state index in [4.69, 9.17) is 15.0 Å². The summed E-state index contributed by atoms with van der Waals surface area (Å²) in [5.74, 6) is 1.94. The molecule has 46 heavy (non-hydrogen) atoms. The molecular weight excluding hydrogens is 558 g/mol. The molecule has 0 fully saturated rings. The van der Waals surface area contributed by atoms with Gasteiger partial charge in [0.15, 0.2) is 17.5 Å². The Morgan fingerprint density at radius 3 is 1.39 bits per heavy atom. The summed E-state index contributed by atoms with van der Waals surface area (Å²) < 4.78 is 0. The predicted octanol–water partition coefficient (Wildman–Crippen LogP) is 11.0. The molecule has 0 aliphatic carbocycles. The molecule has 0 unspecified atom stereocenters. The van der Waals surface area contributed by atoms with E-state index in [1.54, 1.807) is 0 Å². The molecule has 7 aromatic carbocycles. The van der Waals surface area contributed by atoms with Crippen LogP contribution in [0.4, 0.5) is 0 Å². The van der Waals surface area contributed by atoms with E-state index in [-0.39, 0.29) is 0 Å². The Morgan fingerprint density at radius 1 is 0.283 bits per heavy atom. The van der Waals surface area contributed by atoms with Gasteiger partial charge in [0.2, 0.25) is 0 Å². The van der Waals surface area contributed by atoms with Crippen molar-refractivity contribution < 1.29 is 0 Å². The van der Waals surface area contributed by atoms with Crippen molar-refractivity contribution in [3.63, 3.8) is 0 Å². The summed E-state index contributed by atoms with van der Waals surface area (Å²) in [6.45, 7) is 0. The van der Waals surface area contributed by atoms with Gasteiger partial charge in [-0.05, 0) is 50.2 Å². The van der Waals surface area contributed by atoms with Gasteiger partial charge in [0, 0.05) is 16.7 Å². The molecule has 0 spiro atoms. The summed E-state index contributed by atoms with van der Waals surface area (Å²) in [5.41, 5.74) is 9.87. The Kier molecular flexibility index (Phi) is 7.18. The average Bonchev–Trinajstić information content (AvgIpc) is 3.15. The van der Waals surface area contributed by atoms with E-state index in [2.05, 4.69) is 115 Å². The first-order valence-electron chi connectivity index (χ1n) is 15.5. The molecule has 0 atom stereocenters. The summed E-state index contributed by atoms with van der Waals surface area (Å²) in [4.78, 5) is 14.9. The third-order valence-corrected chi connectivity index (χ3v) is 8.34. The predicted molar refractivity (Wildman–Crippen MR) is 190 cm³/mol. The zero-order chi connectivity index (χ0) is 30.7. The minimum absolute atomic E-state index is 0.640. The molecule has 0 radical (unpaired) electrons. The summed E-state index contributed by atoms with van der Waals surface area (Å²) in [5, 5.41) is 2.46. The van der Waals surface area contributed by atoms with Gasteiger partial charge < -0.3 is 0 Å². The van der Waals surface area contributed by atoms with Gasteiger partial charge in [-0.3, -0.25) is 0 Å². The van der Waals surface area contributed by atoms with Crippen molar-refractivity contribution in [1.82, 2.24) is 15.0 Å². The molecule has 216 valence electrons. The Hall–Kier alpha value is -6.19. The van der Waals surface area contributed by atoms with Gasteiger partial charge in [-0.1, -0.05) is 170 Å². The number of fused-ring (bicyclic) bond motifs is 1. The molecule has 0 amide bonds. The molecule has 3 heteroatoms. The Bertz CT molecular complexity index is 2230. The van der Waals surface area contributed by atoms with Gasteiger partial charge in [0.1, 0.15) is 0 Å². The maximum absolute atomic E-state index is 4.99. The number of rotatable bonds is 6. The quantitative estimate of drug-likeness (QED) is 0.194. The van der Waals surface area contributed by atoms with Gasteiger partial charge in [-0.2, -0.15) is 0 Å². The molecule has 0 N–H and O–H groups in total. The second kappa shape index (κ2) is 12.1.